The molecule has 68 valence electrons. The molecular formula is C11H18O. The maximum atomic E-state index is 8.78. The minimum absolute atomic E-state index is 0.205. The van der Waals surface area contributed by atoms with Crippen molar-refractivity contribution in [3.05, 3.63) is 23.8 Å². The third-order valence-corrected chi connectivity index (χ3v) is 2.37. The second-order valence-corrected chi connectivity index (χ2v) is 3.56. The lowest BCUT2D eigenvalue weighted by Gasteiger charge is -2.13. The molecular weight excluding hydrogens is 148 g/mol. The third kappa shape index (κ3) is 3.22. The molecule has 0 spiro atoms. The molecule has 1 N–H and O–H groups in total. The molecule has 0 aromatic carbocycles. The number of hydrogen-bond donors (Lipinski definition) is 1. The topological polar surface area (TPSA) is 20.2 Å². The number of rotatable bonds is 3. The molecule has 0 amide bonds. The van der Waals surface area contributed by atoms with Crippen molar-refractivity contribution < 1.29 is 5.11 Å². The third-order valence-electron chi connectivity index (χ3n) is 2.37. The fourth-order valence-corrected chi connectivity index (χ4v) is 1.50. The first kappa shape index (κ1) is 9.53. The highest BCUT2D eigenvalue weighted by molar-refractivity contribution is 5.02. The molecule has 0 heterocycles. The van der Waals surface area contributed by atoms with Gasteiger partial charge in [-0.1, -0.05) is 23.8 Å². The molecule has 0 saturated carbocycles. The number of aliphatic hydroxyl groups excluding tert-OH is 1. The maximum Gasteiger partial charge on any atom is 0.0639 e. The largest absolute Gasteiger partial charge is 0.392 e. The molecule has 1 heteroatoms. The summed E-state index contributed by atoms with van der Waals surface area (Å²) in [5.74, 6) is 0.722. The van der Waals surface area contributed by atoms with Gasteiger partial charge in [-0.3, -0.25) is 0 Å². The van der Waals surface area contributed by atoms with Crippen molar-refractivity contribution in [1.82, 2.24) is 0 Å². The fraction of sp³-hybridized carbons (Fsp3) is 0.636. The zero-order chi connectivity index (χ0) is 8.81. The molecule has 0 aromatic rings. The summed E-state index contributed by atoms with van der Waals surface area (Å²) in [5, 5.41) is 8.78. The van der Waals surface area contributed by atoms with Gasteiger partial charge in [-0.15, -0.1) is 0 Å². The number of hydrogen-bond acceptors (Lipinski definition) is 1. The van der Waals surface area contributed by atoms with Crippen LogP contribution in [-0.4, -0.2) is 11.7 Å². The minimum Gasteiger partial charge on any atom is -0.392 e. The van der Waals surface area contributed by atoms with E-state index in [1.165, 1.54) is 19.3 Å². The Hall–Kier alpha value is -0.560. The van der Waals surface area contributed by atoms with Crippen molar-refractivity contribution >= 4 is 0 Å². The van der Waals surface area contributed by atoms with Gasteiger partial charge in [-0.25, -0.2) is 0 Å². The van der Waals surface area contributed by atoms with E-state index in [0.717, 1.165) is 17.9 Å². The van der Waals surface area contributed by atoms with E-state index in [4.69, 9.17) is 5.11 Å². The Bertz CT molecular complexity index is 179. The highest BCUT2D eigenvalue weighted by Gasteiger charge is 2.05. The molecule has 1 rings (SSSR count). The summed E-state index contributed by atoms with van der Waals surface area (Å²) >= 11 is 0. The summed E-state index contributed by atoms with van der Waals surface area (Å²) in [6.07, 6.45) is 11.7. The van der Waals surface area contributed by atoms with Gasteiger partial charge in [0.2, 0.25) is 0 Å². The van der Waals surface area contributed by atoms with Gasteiger partial charge in [0.05, 0.1) is 6.61 Å². The summed E-state index contributed by atoms with van der Waals surface area (Å²) in [7, 11) is 0. The smallest absolute Gasteiger partial charge is 0.0639 e. The first-order chi connectivity index (χ1) is 5.83. The van der Waals surface area contributed by atoms with E-state index in [1.54, 1.807) is 0 Å². The van der Waals surface area contributed by atoms with Crippen LogP contribution in [0.1, 0.15) is 32.6 Å². The Morgan fingerprint density at radius 2 is 2.50 bits per heavy atom. The Kier molecular flexibility index (Phi) is 4.09. The Labute approximate surface area is 74.8 Å². The summed E-state index contributed by atoms with van der Waals surface area (Å²) in [6, 6.07) is 0. The summed E-state index contributed by atoms with van der Waals surface area (Å²) in [4.78, 5) is 0. The van der Waals surface area contributed by atoms with Crippen molar-refractivity contribution in [2.24, 2.45) is 5.92 Å². The lowest BCUT2D eigenvalue weighted by atomic mass is 9.92. The van der Waals surface area contributed by atoms with E-state index < -0.39 is 0 Å². The molecule has 12 heavy (non-hydrogen) atoms. The highest BCUT2D eigenvalue weighted by Crippen LogP contribution is 2.20. The maximum absolute atomic E-state index is 8.78. The standard InChI is InChI=1S/C11H18O/c1-10(9-12)7-8-11-5-3-2-4-6-11/h3,5,7,11-12H,2,4,6,8-9H2,1H3/b10-7+. The molecule has 0 fully saturated rings. The molecule has 0 bridgehead atoms. The first-order valence-corrected chi connectivity index (χ1v) is 4.76. The van der Waals surface area contributed by atoms with Crippen LogP contribution in [0.15, 0.2) is 23.8 Å². The van der Waals surface area contributed by atoms with Gasteiger partial charge in [-0.2, -0.15) is 0 Å². The normalized spacial score (nSPS) is 24.5. The van der Waals surface area contributed by atoms with Crippen molar-refractivity contribution in [2.45, 2.75) is 32.6 Å². The van der Waals surface area contributed by atoms with E-state index in [9.17, 15) is 0 Å². The van der Waals surface area contributed by atoms with Crippen molar-refractivity contribution in [3.63, 3.8) is 0 Å². The molecule has 1 aliphatic carbocycles. The van der Waals surface area contributed by atoms with Crippen LogP contribution in [-0.2, 0) is 0 Å². The molecule has 0 aliphatic heterocycles. The average molecular weight is 166 g/mol. The Balaban J connectivity index is 2.30. The Morgan fingerprint density at radius 3 is 3.08 bits per heavy atom. The van der Waals surface area contributed by atoms with Gasteiger partial charge in [-0.05, 0) is 38.5 Å². The SMILES string of the molecule is C/C(=C\CC1C=CCCC1)CO. The van der Waals surface area contributed by atoms with Crippen LogP contribution < -0.4 is 0 Å². The second-order valence-electron chi connectivity index (χ2n) is 3.56. The van der Waals surface area contributed by atoms with Crippen LogP contribution in [0.4, 0.5) is 0 Å². The van der Waals surface area contributed by atoms with Gasteiger partial charge in [0.1, 0.15) is 0 Å². The highest BCUT2D eigenvalue weighted by atomic mass is 16.3. The van der Waals surface area contributed by atoms with Gasteiger partial charge in [0, 0.05) is 0 Å². The number of allylic oxidation sites excluding steroid dienone is 3. The summed E-state index contributed by atoms with van der Waals surface area (Å²) < 4.78 is 0. The molecule has 0 aromatic heterocycles. The average Bonchev–Trinajstić information content (AvgIpc) is 2.16. The van der Waals surface area contributed by atoms with E-state index in [-0.39, 0.29) is 6.61 Å². The number of aliphatic hydroxyl groups is 1. The minimum atomic E-state index is 0.205. The molecule has 1 atom stereocenters. The van der Waals surface area contributed by atoms with Crippen LogP contribution in [0, 0.1) is 5.92 Å². The molecule has 0 radical (unpaired) electrons. The monoisotopic (exact) mass is 166 g/mol. The van der Waals surface area contributed by atoms with Crippen molar-refractivity contribution in [2.75, 3.05) is 6.61 Å². The predicted molar refractivity (Wildman–Crippen MR) is 51.9 cm³/mol. The van der Waals surface area contributed by atoms with Crippen LogP contribution in [0.3, 0.4) is 0 Å². The zero-order valence-corrected chi connectivity index (χ0v) is 7.79. The fourth-order valence-electron chi connectivity index (χ4n) is 1.50. The second kappa shape index (κ2) is 5.15. The molecule has 1 nitrogen and oxygen atoms in total. The van der Waals surface area contributed by atoms with E-state index >= 15 is 0 Å². The van der Waals surface area contributed by atoms with E-state index in [0.29, 0.717) is 0 Å². The lowest BCUT2D eigenvalue weighted by Crippen LogP contribution is -1.99. The summed E-state index contributed by atoms with van der Waals surface area (Å²) in [6.45, 7) is 2.18. The van der Waals surface area contributed by atoms with Gasteiger partial charge >= 0.3 is 0 Å². The van der Waals surface area contributed by atoms with Crippen LogP contribution in [0.25, 0.3) is 0 Å². The van der Waals surface area contributed by atoms with E-state index in [1.807, 2.05) is 6.92 Å². The van der Waals surface area contributed by atoms with Crippen LogP contribution in [0.5, 0.6) is 0 Å². The van der Waals surface area contributed by atoms with Crippen LogP contribution in [0.2, 0.25) is 0 Å². The first-order valence-electron chi connectivity index (χ1n) is 4.76. The van der Waals surface area contributed by atoms with Crippen molar-refractivity contribution in [3.8, 4) is 0 Å². The molecule has 1 aliphatic rings. The van der Waals surface area contributed by atoms with Crippen LogP contribution >= 0.6 is 0 Å². The van der Waals surface area contributed by atoms with Gasteiger partial charge in [0.25, 0.3) is 0 Å². The summed E-state index contributed by atoms with van der Waals surface area (Å²) in [5.41, 5.74) is 1.09. The van der Waals surface area contributed by atoms with E-state index in [2.05, 4.69) is 18.2 Å². The zero-order valence-electron chi connectivity index (χ0n) is 7.79. The van der Waals surface area contributed by atoms with Gasteiger partial charge in [0.15, 0.2) is 0 Å². The lowest BCUT2D eigenvalue weighted by molar-refractivity contribution is 0.330. The van der Waals surface area contributed by atoms with Crippen molar-refractivity contribution in [1.29, 1.82) is 0 Å². The molecule has 1 unspecified atom stereocenters. The predicted octanol–water partition coefficient (Wildman–Crippen LogP) is 2.67. The molecule has 0 saturated heterocycles. The Morgan fingerprint density at radius 1 is 1.67 bits per heavy atom. The quantitative estimate of drug-likeness (QED) is 0.639. The van der Waals surface area contributed by atoms with Gasteiger partial charge < -0.3 is 5.11 Å².